The summed E-state index contributed by atoms with van der Waals surface area (Å²) in [5, 5.41) is 0. The second-order valence-corrected chi connectivity index (χ2v) is 29.6. The van der Waals surface area contributed by atoms with E-state index in [1.807, 2.05) is 13.0 Å². The molecule has 0 N–H and O–H groups in total. The molecule has 0 radical (unpaired) electrons. The van der Waals surface area contributed by atoms with E-state index in [0.29, 0.717) is 6.42 Å². The van der Waals surface area contributed by atoms with Crippen molar-refractivity contribution < 1.29 is 27.5 Å². The van der Waals surface area contributed by atoms with Gasteiger partial charge in [-0.25, -0.2) is 0 Å². The normalized spacial score (nSPS) is 25.5. The Kier molecular flexibility index (Phi) is 21.7. The molecule has 0 spiro atoms. The molecule has 0 amide bonds. The minimum absolute atomic E-state index is 0.00404. The van der Waals surface area contributed by atoms with E-state index in [-0.39, 0.29) is 48.5 Å². The molecule has 2 rings (SSSR count). The first-order chi connectivity index (χ1) is 24.5. The van der Waals surface area contributed by atoms with Crippen molar-refractivity contribution in [2.24, 2.45) is 5.92 Å². The van der Waals surface area contributed by atoms with Gasteiger partial charge in [-0.05, 0) is 93.1 Å². The summed E-state index contributed by atoms with van der Waals surface area (Å²) in [5.41, 5.74) is 0. The summed E-state index contributed by atoms with van der Waals surface area (Å²) in [4.78, 5) is 13.6. The van der Waals surface area contributed by atoms with Crippen LogP contribution in [-0.2, 0) is 27.5 Å². The largest absolute Gasteiger partial charge is 0.458 e. The lowest BCUT2D eigenvalue weighted by atomic mass is 9.98. The van der Waals surface area contributed by atoms with Gasteiger partial charge in [0.2, 0.25) is 0 Å². The predicted octanol–water partition coefficient (Wildman–Crippen LogP) is 12.3. The molecule has 2 heterocycles. The molecule has 0 aromatic carbocycles. The fourth-order valence-corrected chi connectivity index (χ4v) is 16.6. The maximum absolute atomic E-state index is 13.6. The van der Waals surface area contributed by atoms with Crippen molar-refractivity contribution in [3.63, 3.8) is 0 Å². The average molecular weight is 765 g/mol. The van der Waals surface area contributed by atoms with Gasteiger partial charge in [-0.2, -0.15) is 0 Å². The first kappa shape index (κ1) is 46.3. The van der Waals surface area contributed by atoms with Crippen molar-refractivity contribution >= 4 is 30.9 Å². The Morgan fingerprint density at radius 3 is 1.88 bits per heavy atom. The third-order valence-electron chi connectivity index (χ3n) is 12.7. The molecule has 7 atom stereocenters. The van der Waals surface area contributed by atoms with Gasteiger partial charge in [0.05, 0.1) is 30.3 Å². The number of allylic oxidation sites excluding steroid dienone is 3. The van der Waals surface area contributed by atoms with E-state index in [1.165, 1.54) is 18.1 Å². The zero-order chi connectivity index (χ0) is 37.9. The lowest BCUT2D eigenvalue weighted by molar-refractivity contribution is -0.154. The summed E-state index contributed by atoms with van der Waals surface area (Å²) in [6.07, 6.45) is 20.9. The molecule has 2 aliphatic heterocycles. The van der Waals surface area contributed by atoms with Crippen molar-refractivity contribution in [1.29, 1.82) is 0 Å². The molecule has 0 bridgehead atoms. The summed E-state index contributed by atoms with van der Waals surface area (Å²) in [6.45, 7) is 24.8. The second-order valence-electron chi connectivity index (χ2n) is 15.4. The van der Waals surface area contributed by atoms with Crippen LogP contribution < -0.4 is 0 Å². The Hall–Kier alpha value is -0.819. The number of ether oxygens (including phenoxy) is 2. The first-order valence-electron chi connectivity index (χ1n) is 21.4. The number of esters is 1. The van der Waals surface area contributed by atoms with Gasteiger partial charge in [0.1, 0.15) is 6.10 Å². The number of hydrogen-bond acceptors (Lipinski definition) is 6. The highest BCUT2D eigenvalue weighted by Crippen LogP contribution is 2.36. The van der Waals surface area contributed by atoms with Gasteiger partial charge in [-0.3, -0.25) is 4.79 Å². The molecule has 296 valence electrons. The Labute approximate surface area is 318 Å². The predicted molar refractivity (Wildman–Crippen MR) is 224 cm³/mol. The molecule has 6 nitrogen and oxygen atoms in total. The Bertz CT molecular complexity index is 1030. The van der Waals surface area contributed by atoms with Crippen LogP contribution in [0.2, 0.25) is 54.4 Å². The number of rotatable bonds is 23. The number of carbonyl (C=O) groups is 1. The second kappa shape index (κ2) is 23.9. The van der Waals surface area contributed by atoms with Gasteiger partial charge >= 0.3 is 5.97 Å². The molecular weight excluding hydrogens is 685 g/mol. The smallest absolute Gasteiger partial charge is 0.311 e. The van der Waals surface area contributed by atoms with Crippen molar-refractivity contribution in [2.75, 3.05) is 0 Å². The first-order valence-corrected chi connectivity index (χ1v) is 29.0. The van der Waals surface area contributed by atoms with Crippen molar-refractivity contribution in [3.8, 4) is 0 Å². The summed E-state index contributed by atoms with van der Waals surface area (Å²) in [7, 11) is -5.34. The van der Waals surface area contributed by atoms with Gasteiger partial charge in [-0.1, -0.05) is 106 Å². The number of cyclic esters (lactones) is 1. The molecule has 1 saturated heterocycles. The van der Waals surface area contributed by atoms with Gasteiger partial charge in [0, 0.05) is 25.4 Å². The molecule has 51 heavy (non-hydrogen) atoms. The Morgan fingerprint density at radius 1 is 0.745 bits per heavy atom. The van der Waals surface area contributed by atoms with Crippen molar-refractivity contribution in [3.05, 3.63) is 36.5 Å². The highest BCUT2D eigenvalue weighted by atomic mass is 28.4. The lowest BCUT2D eigenvalue weighted by Gasteiger charge is -2.36. The number of hydrogen-bond donors (Lipinski definition) is 0. The van der Waals surface area contributed by atoms with Gasteiger partial charge < -0.3 is 22.8 Å². The lowest BCUT2D eigenvalue weighted by Crippen LogP contribution is -2.44. The molecule has 1 fully saturated rings. The van der Waals surface area contributed by atoms with Crippen LogP contribution in [0.25, 0.3) is 0 Å². The van der Waals surface area contributed by atoms with E-state index >= 15 is 0 Å². The number of carbonyl (C=O) groups excluding carboxylic acids is 1. The molecule has 0 saturated carbocycles. The minimum Gasteiger partial charge on any atom is -0.458 e. The molecule has 0 aromatic rings. The van der Waals surface area contributed by atoms with Crippen LogP contribution in [0.4, 0.5) is 0 Å². The van der Waals surface area contributed by atoms with Crippen LogP contribution in [0.5, 0.6) is 0 Å². The van der Waals surface area contributed by atoms with E-state index in [0.717, 1.165) is 81.2 Å². The fraction of sp³-hybridized carbons (Fsp3) is 0.833. The van der Waals surface area contributed by atoms with Gasteiger partial charge in [-0.15, -0.1) is 0 Å². The van der Waals surface area contributed by atoms with Crippen LogP contribution in [0.1, 0.15) is 128 Å². The van der Waals surface area contributed by atoms with Crippen LogP contribution >= 0.6 is 0 Å². The van der Waals surface area contributed by atoms with Crippen molar-refractivity contribution in [2.45, 2.75) is 219 Å². The SMILES string of the molecule is CCC(CC1OC1CC(C=CC=CC1CC=CCCCCC(O[Si](CC)(CC)CC)C(C)C(=O)O1)O[Si](CC)(CC)CC)O[Si](CC)(CC)CC. The monoisotopic (exact) mass is 765 g/mol. The number of epoxide rings is 1. The Balaban J connectivity index is 2.18. The molecular formula is C42H80O6Si3. The summed E-state index contributed by atoms with van der Waals surface area (Å²) >= 11 is 0. The van der Waals surface area contributed by atoms with E-state index in [1.54, 1.807) is 0 Å². The minimum atomic E-state index is -1.85. The summed E-state index contributed by atoms with van der Waals surface area (Å²) < 4.78 is 33.3. The summed E-state index contributed by atoms with van der Waals surface area (Å²) in [5.74, 6) is -0.425. The third-order valence-corrected chi connectivity index (χ3v) is 26.8. The van der Waals surface area contributed by atoms with Crippen molar-refractivity contribution in [1.82, 2.24) is 0 Å². The molecule has 9 heteroatoms. The quantitative estimate of drug-likeness (QED) is 0.0339. The van der Waals surface area contributed by atoms with Crippen LogP contribution in [0.15, 0.2) is 36.5 Å². The highest BCUT2D eigenvalue weighted by molar-refractivity contribution is 6.74. The summed E-state index contributed by atoms with van der Waals surface area (Å²) in [6, 6.07) is 10.1. The maximum atomic E-state index is 13.6. The molecule has 0 aliphatic carbocycles. The third kappa shape index (κ3) is 14.7. The topological polar surface area (TPSA) is 66.5 Å². The van der Waals surface area contributed by atoms with Gasteiger partial charge in [0.25, 0.3) is 0 Å². The van der Waals surface area contributed by atoms with Gasteiger partial charge in [0.15, 0.2) is 25.0 Å². The zero-order valence-electron chi connectivity index (χ0n) is 35.0. The maximum Gasteiger partial charge on any atom is 0.311 e. The molecule has 2 aliphatic rings. The van der Waals surface area contributed by atoms with E-state index in [9.17, 15) is 4.79 Å². The molecule has 0 aromatic heterocycles. The Morgan fingerprint density at radius 2 is 1.31 bits per heavy atom. The fourth-order valence-electron chi connectivity index (χ4n) is 7.86. The zero-order valence-corrected chi connectivity index (χ0v) is 38.0. The molecule has 7 unspecified atom stereocenters. The standard InChI is InChI=1S/C42H80O6Si3/c1-12-36(46-49(13-2,14-3)15-4)33-40-41(45-40)34-38(47-50(16-5,17-6)18-7)31-28-27-30-37-29-25-23-22-24-26-32-39(35(11)42(43)44-37)48-51(19-8,20-9)21-10/h23,25,27-28,30-31,35-41H,12-22,24,26,29,32-34H2,1-11H3. The van der Waals surface area contributed by atoms with Crippen LogP contribution in [0, 0.1) is 5.92 Å². The van der Waals surface area contributed by atoms with E-state index < -0.39 is 25.0 Å². The van der Waals surface area contributed by atoms with E-state index in [4.69, 9.17) is 22.8 Å². The average Bonchev–Trinajstić information content (AvgIpc) is 3.90. The van der Waals surface area contributed by atoms with Crippen LogP contribution in [0.3, 0.4) is 0 Å². The highest BCUT2D eigenvalue weighted by Gasteiger charge is 2.44. The van der Waals surface area contributed by atoms with Crippen LogP contribution in [-0.4, -0.2) is 67.5 Å². The van der Waals surface area contributed by atoms with E-state index in [2.05, 4.69) is 99.6 Å².